The average molecular weight is 291 g/mol. The number of piperidine rings is 1. The highest BCUT2D eigenvalue weighted by atomic mass is 16.4. The van der Waals surface area contributed by atoms with Crippen molar-refractivity contribution in [2.75, 3.05) is 13.1 Å². The lowest BCUT2D eigenvalue weighted by molar-refractivity contribution is -0.153. The number of carboxylic acids is 1. The minimum atomic E-state index is -0.661. The average Bonchev–Trinajstić information content (AvgIpc) is 2.49. The maximum absolute atomic E-state index is 11.6. The van der Waals surface area contributed by atoms with Crippen molar-refractivity contribution in [2.24, 2.45) is 5.41 Å². The topological polar surface area (TPSA) is 60.8 Å². The quantitative estimate of drug-likeness (QED) is 0.875. The smallest absolute Gasteiger partial charge is 0.310 e. The predicted molar refractivity (Wildman–Crippen MR) is 82.4 cm³/mol. The lowest BCUT2D eigenvalue weighted by Gasteiger charge is -2.42. The van der Waals surface area contributed by atoms with Gasteiger partial charge < -0.3 is 10.2 Å². The van der Waals surface area contributed by atoms with Gasteiger partial charge in [-0.25, -0.2) is 0 Å². The molecule has 1 saturated heterocycles. The number of aliphatic carboxylic acids is 1. The number of aromatic hydroxyl groups is 1. The molecule has 2 atom stereocenters. The second kappa shape index (κ2) is 6.48. The summed E-state index contributed by atoms with van der Waals surface area (Å²) in [5.74, 6) is -0.383. The number of phenolic OH excluding ortho intramolecular Hbond substituents is 1. The van der Waals surface area contributed by atoms with Gasteiger partial charge in [-0.1, -0.05) is 19.1 Å². The maximum Gasteiger partial charge on any atom is 0.310 e. The number of likely N-dealkylation sites (tertiary alicyclic amines) is 1. The molecule has 2 rings (SSSR count). The van der Waals surface area contributed by atoms with Crippen LogP contribution in [0.15, 0.2) is 24.3 Å². The van der Waals surface area contributed by atoms with E-state index >= 15 is 0 Å². The van der Waals surface area contributed by atoms with Crippen molar-refractivity contribution < 1.29 is 15.0 Å². The molecule has 1 aromatic carbocycles. The van der Waals surface area contributed by atoms with E-state index in [1.54, 1.807) is 12.1 Å². The highest BCUT2D eigenvalue weighted by Gasteiger charge is 2.41. The Kier molecular flexibility index (Phi) is 4.88. The third kappa shape index (κ3) is 3.56. The number of hydrogen-bond acceptors (Lipinski definition) is 3. The third-order valence-corrected chi connectivity index (χ3v) is 4.83. The molecule has 116 valence electrons. The van der Waals surface area contributed by atoms with Crippen molar-refractivity contribution in [3.05, 3.63) is 29.8 Å². The van der Waals surface area contributed by atoms with Crippen LogP contribution in [0, 0.1) is 5.41 Å². The van der Waals surface area contributed by atoms with Gasteiger partial charge in [0.2, 0.25) is 0 Å². The van der Waals surface area contributed by atoms with E-state index in [-0.39, 0.29) is 5.75 Å². The van der Waals surface area contributed by atoms with Gasteiger partial charge in [0, 0.05) is 12.6 Å². The first-order chi connectivity index (χ1) is 9.97. The maximum atomic E-state index is 11.6. The molecule has 21 heavy (non-hydrogen) atoms. The molecular formula is C17H25NO3. The molecule has 0 bridgehead atoms. The molecule has 4 heteroatoms. The van der Waals surface area contributed by atoms with E-state index in [2.05, 4.69) is 11.8 Å². The second-order valence-electron chi connectivity index (χ2n) is 6.23. The molecule has 1 aromatic rings. The van der Waals surface area contributed by atoms with Crippen LogP contribution in [0.4, 0.5) is 0 Å². The van der Waals surface area contributed by atoms with Crippen LogP contribution in [0.3, 0.4) is 0 Å². The van der Waals surface area contributed by atoms with Crippen LogP contribution in [0.2, 0.25) is 0 Å². The highest BCUT2D eigenvalue weighted by Crippen LogP contribution is 2.34. The lowest BCUT2D eigenvalue weighted by Crippen LogP contribution is -2.50. The molecule has 4 nitrogen and oxygen atoms in total. The Labute approximate surface area is 126 Å². The molecule has 2 unspecified atom stereocenters. The third-order valence-electron chi connectivity index (χ3n) is 4.83. The van der Waals surface area contributed by atoms with E-state index < -0.39 is 11.4 Å². The summed E-state index contributed by atoms with van der Waals surface area (Å²) in [5.41, 5.74) is 0.588. The molecule has 0 aromatic heterocycles. The summed E-state index contributed by atoms with van der Waals surface area (Å²) >= 11 is 0. The zero-order valence-corrected chi connectivity index (χ0v) is 12.9. The number of carbonyl (C=O) groups is 1. The molecule has 1 aliphatic heterocycles. The zero-order valence-electron chi connectivity index (χ0n) is 12.9. The van der Waals surface area contributed by atoms with Crippen LogP contribution < -0.4 is 0 Å². The fourth-order valence-electron chi connectivity index (χ4n) is 3.26. The van der Waals surface area contributed by atoms with Gasteiger partial charge in [0.25, 0.3) is 0 Å². The Balaban J connectivity index is 2.03. The first-order valence-corrected chi connectivity index (χ1v) is 7.72. The fraction of sp³-hybridized carbons (Fsp3) is 0.588. The molecule has 2 N–H and O–H groups in total. The zero-order chi connectivity index (χ0) is 15.5. The van der Waals surface area contributed by atoms with Gasteiger partial charge in [-0.05, 0) is 56.8 Å². The van der Waals surface area contributed by atoms with Gasteiger partial charge in [0.15, 0.2) is 0 Å². The van der Waals surface area contributed by atoms with Crippen LogP contribution in [0.5, 0.6) is 5.75 Å². The largest absolute Gasteiger partial charge is 0.508 e. The summed E-state index contributed by atoms with van der Waals surface area (Å²) in [6, 6.07) is 7.57. The standard InChI is InChI=1S/C17H25NO3/c1-3-17(16(20)21)9-4-10-18(12-17)13(2)11-14-5-7-15(19)8-6-14/h5-8,13,19H,3-4,9-12H2,1-2H3,(H,20,21). The van der Waals surface area contributed by atoms with Crippen molar-refractivity contribution in [3.8, 4) is 5.75 Å². The Hall–Kier alpha value is -1.55. The van der Waals surface area contributed by atoms with E-state index in [9.17, 15) is 15.0 Å². The predicted octanol–water partition coefficient (Wildman–Crippen LogP) is 2.90. The van der Waals surface area contributed by atoms with Crippen molar-refractivity contribution in [2.45, 2.75) is 45.6 Å². The fourth-order valence-corrected chi connectivity index (χ4v) is 3.26. The lowest BCUT2D eigenvalue weighted by atomic mass is 9.77. The van der Waals surface area contributed by atoms with Crippen molar-refractivity contribution in [1.29, 1.82) is 0 Å². The van der Waals surface area contributed by atoms with Crippen molar-refractivity contribution in [1.82, 2.24) is 4.90 Å². The Bertz CT molecular complexity index is 485. The summed E-state index contributed by atoms with van der Waals surface area (Å²) in [4.78, 5) is 13.9. The first-order valence-electron chi connectivity index (χ1n) is 7.72. The summed E-state index contributed by atoms with van der Waals surface area (Å²) in [5, 5.41) is 18.9. The van der Waals surface area contributed by atoms with Crippen LogP contribution in [-0.2, 0) is 11.2 Å². The number of nitrogens with zero attached hydrogens (tertiary/aromatic N) is 1. The number of hydrogen-bond donors (Lipinski definition) is 2. The molecule has 0 aliphatic carbocycles. The van der Waals surface area contributed by atoms with Crippen LogP contribution in [0.25, 0.3) is 0 Å². The van der Waals surface area contributed by atoms with Gasteiger partial charge in [-0.2, -0.15) is 0 Å². The molecule has 0 spiro atoms. The molecule has 0 radical (unpaired) electrons. The van der Waals surface area contributed by atoms with Gasteiger partial charge in [-0.3, -0.25) is 9.69 Å². The van der Waals surface area contributed by atoms with Crippen molar-refractivity contribution in [3.63, 3.8) is 0 Å². The van der Waals surface area contributed by atoms with E-state index in [4.69, 9.17) is 0 Å². The summed E-state index contributed by atoms with van der Waals surface area (Å²) < 4.78 is 0. The highest BCUT2D eigenvalue weighted by molar-refractivity contribution is 5.75. The summed E-state index contributed by atoms with van der Waals surface area (Å²) in [6.45, 7) is 5.73. The number of benzene rings is 1. The Morgan fingerprint density at radius 1 is 1.38 bits per heavy atom. The van der Waals surface area contributed by atoms with E-state index in [1.807, 2.05) is 19.1 Å². The first kappa shape index (κ1) is 15.8. The Morgan fingerprint density at radius 2 is 2.05 bits per heavy atom. The second-order valence-corrected chi connectivity index (χ2v) is 6.23. The Morgan fingerprint density at radius 3 is 2.62 bits per heavy atom. The van der Waals surface area contributed by atoms with Crippen LogP contribution in [-0.4, -0.2) is 40.2 Å². The monoisotopic (exact) mass is 291 g/mol. The minimum absolute atomic E-state index is 0.278. The number of rotatable bonds is 5. The molecule has 0 saturated carbocycles. The normalized spacial score (nSPS) is 24.7. The molecule has 1 aliphatic rings. The summed E-state index contributed by atoms with van der Waals surface area (Å²) in [7, 11) is 0. The minimum Gasteiger partial charge on any atom is -0.508 e. The van der Waals surface area contributed by atoms with Crippen LogP contribution >= 0.6 is 0 Å². The van der Waals surface area contributed by atoms with Gasteiger partial charge in [-0.15, -0.1) is 0 Å². The van der Waals surface area contributed by atoms with Crippen LogP contribution in [0.1, 0.15) is 38.7 Å². The molecule has 1 fully saturated rings. The number of carboxylic acid groups (broad SMARTS) is 1. The molecule has 1 heterocycles. The van der Waals surface area contributed by atoms with E-state index in [0.29, 0.717) is 19.0 Å². The molecular weight excluding hydrogens is 266 g/mol. The van der Waals surface area contributed by atoms with Gasteiger partial charge >= 0.3 is 5.97 Å². The van der Waals surface area contributed by atoms with E-state index in [0.717, 1.165) is 25.8 Å². The summed E-state index contributed by atoms with van der Waals surface area (Å²) in [6.07, 6.45) is 3.28. The SMILES string of the molecule is CCC1(C(=O)O)CCCN(C(C)Cc2ccc(O)cc2)C1. The van der Waals surface area contributed by atoms with Crippen molar-refractivity contribution >= 4 is 5.97 Å². The van der Waals surface area contributed by atoms with Gasteiger partial charge in [0.05, 0.1) is 5.41 Å². The number of phenols is 1. The van der Waals surface area contributed by atoms with Gasteiger partial charge in [0.1, 0.15) is 5.75 Å². The molecule has 0 amide bonds. The van der Waals surface area contributed by atoms with E-state index in [1.165, 1.54) is 5.56 Å².